The van der Waals surface area contributed by atoms with Gasteiger partial charge in [-0.15, -0.1) is 0 Å². The first kappa shape index (κ1) is 16.0. The Bertz CT molecular complexity index is 705. The molecule has 1 unspecified atom stereocenters. The van der Waals surface area contributed by atoms with E-state index in [0.29, 0.717) is 11.3 Å². The molecule has 1 heterocycles. The Morgan fingerprint density at radius 2 is 1.91 bits per heavy atom. The Kier molecular flexibility index (Phi) is 5.12. The van der Waals surface area contributed by atoms with E-state index in [-0.39, 0.29) is 18.1 Å². The van der Waals surface area contributed by atoms with Crippen LogP contribution in [0.5, 0.6) is 0 Å². The quantitative estimate of drug-likeness (QED) is 0.786. The number of rotatable bonds is 5. The van der Waals surface area contributed by atoms with Crippen LogP contribution in [-0.4, -0.2) is 22.6 Å². The van der Waals surface area contributed by atoms with E-state index in [1.165, 1.54) is 17.7 Å². The zero-order valence-corrected chi connectivity index (χ0v) is 12.7. The van der Waals surface area contributed by atoms with Crippen LogP contribution in [0, 0.1) is 6.92 Å². The number of nitrogens with one attached hydrogen (secondary N) is 2. The summed E-state index contributed by atoms with van der Waals surface area (Å²) in [6.45, 7) is 3.54. The van der Waals surface area contributed by atoms with E-state index in [4.69, 9.17) is 0 Å². The van der Waals surface area contributed by atoms with Crippen LogP contribution < -0.4 is 10.9 Å². The van der Waals surface area contributed by atoms with Crippen molar-refractivity contribution in [3.8, 4) is 0 Å². The van der Waals surface area contributed by atoms with E-state index >= 15 is 0 Å². The van der Waals surface area contributed by atoms with Crippen LogP contribution >= 0.6 is 0 Å². The average molecular weight is 300 g/mol. The summed E-state index contributed by atoms with van der Waals surface area (Å²) in [4.78, 5) is 26.1. The molecule has 0 saturated heterocycles. The van der Waals surface area contributed by atoms with E-state index in [0.717, 1.165) is 12.0 Å². The molecule has 3 N–H and O–H groups in total. The summed E-state index contributed by atoms with van der Waals surface area (Å²) in [6.07, 6.45) is 0.938. The highest BCUT2D eigenvalue weighted by atomic mass is 16.3. The number of carbonyl (C=O) groups excluding carboxylic acids is 1. The SMILES string of the molecule is CCc1ccc(C(CO)NC(=O)c2ccc(=O)[nH]c2C)cc1. The normalized spacial score (nSPS) is 12.0. The first-order valence-corrected chi connectivity index (χ1v) is 7.25. The van der Waals surface area contributed by atoms with Crippen LogP contribution in [0.3, 0.4) is 0 Å². The van der Waals surface area contributed by atoms with Gasteiger partial charge in [0.1, 0.15) is 0 Å². The fraction of sp³-hybridized carbons (Fsp3) is 0.294. The largest absolute Gasteiger partial charge is 0.394 e. The highest BCUT2D eigenvalue weighted by Crippen LogP contribution is 2.15. The molecule has 0 saturated carbocycles. The molecule has 0 aliphatic heterocycles. The molecule has 2 aromatic rings. The first-order chi connectivity index (χ1) is 10.5. The fourth-order valence-electron chi connectivity index (χ4n) is 2.28. The van der Waals surface area contributed by atoms with Gasteiger partial charge < -0.3 is 15.4 Å². The maximum atomic E-state index is 12.3. The summed E-state index contributed by atoms with van der Waals surface area (Å²) in [5, 5.41) is 12.3. The molecule has 0 bridgehead atoms. The minimum atomic E-state index is -0.482. The van der Waals surface area contributed by atoms with E-state index in [1.54, 1.807) is 6.92 Å². The monoisotopic (exact) mass is 300 g/mol. The lowest BCUT2D eigenvalue weighted by molar-refractivity contribution is 0.0915. The molecule has 1 amide bonds. The summed E-state index contributed by atoms with van der Waals surface area (Å²) in [6, 6.07) is 10.1. The van der Waals surface area contributed by atoms with Crippen molar-refractivity contribution >= 4 is 5.91 Å². The predicted molar refractivity (Wildman–Crippen MR) is 84.9 cm³/mol. The van der Waals surface area contributed by atoms with Crippen molar-refractivity contribution in [3.63, 3.8) is 0 Å². The molecule has 1 aromatic carbocycles. The van der Waals surface area contributed by atoms with E-state index in [9.17, 15) is 14.7 Å². The Hall–Kier alpha value is -2.40. The molecule has 1 aromatic heterocycles. The minimum absolute atomic E-state index is 0.195. The number of carbonyl (C=O) groups is 1. The number of aromatic nitrogens is 1. The number of aliphatic hydroxyl groups excluding tert-OH is 1. The summed E-state index contributed by atoms with van der Waals surface area (Å²) >= 11 is 0. The molecule has 0 aliphatic rings. The van der Waals surface area contributed by atoms with Crippen LogP contribution in [0.2, 0.25) is 0 Å². The Balaban J connectivity index is 2.18. The van der Waals surface area contributed by atoms with Crippen LogP contribution in [-0.2, 0) is 6.42 Å². The van der Waals surface area contributed by atoms with Crippen LogP contribution in [0.1, 0.15) is 40.1 Å². The molecule has 116 valence electrons. The summed E-state index contributed by atoms with van der Waals surface area (Å²) in [5.41, 5.74) is 2.69. The van der Waals surface area contributed by atoms with Crippen molar-refractivity contribution in [3.05, 3.63) is 69.1 Å². The van der Waals surface area contributed by atoms with E-state index in [1.807, 2.05) is 24.3 Å². The van der Waals surface area contributed by atoms with Crippen LogP contribution in [0.15, 0.2) is 41.2 Å². The lowest BCUT2D eigenvalue weighted by Crippen LogP contribution is -2.31. The summed E-state index contributed by atoms with van der Waals surface area (Å²) < 4.78 is 0. The first-order valence-electron chi connectivity index (χ1n) is 7.25. The molecular weight excluding hydrogens is 280 g/mol. The van der Waals surface area contributed by atoms with Crippen molar-refractivity contribution in [2.75, 3.05) is 6.61 Å². The minimum Gasteiger partial charge on any atom is -0.394 e. The van der Waals surface area contributed by atoms with Gasteiger partial charge in [0, 0.05) is 11.8 Å². The number of benzene rings is 1. The Labute approximate surface area is 129 Å². The third-order valence-corrected chi connectivity index (χ3v) is 3.64. The number of hydrogen-bond acceptors (Lipinski definition) is 3. The fourth-order valence-corrected chi connectivity index (χ4v) is 2.28. The van der Waals surface area contributed by atoms with Gasteiger partial charge in [0.05, 0.1) is 18.2 Å². The number of aliphatic hydroxyl groups is 1. The lowest BCUT2D eigenvalue weighted by atomic mass is 10.0. The van der Waals surface area contributed by atoms with Gasteiger partial charge in [-0.1, -0.05) is 31.2 Å². The van der Waals surface area contributed by atoms with Gasteiger partial charge in [0.25, 0.3) is 5.91 Å². The third-order valence-electron chi connectivity index (χ3n) is 3.64. The smallest absolute Gasteiger partial charge is 0.253 e. The third kappa shape index (κ3) is 3.62. The Morgan fingerprint density at radius 3 is 2.45 bits per heavy atom. The zero-order chi connectivity index (χ0) is 16.1. The molecule has 1 atom stereocenters. The second kappa shape index (κ2) is 7.04. The molecule has 0 fully saturated rings. The number of aryl methyl sites for hydroxylation is 2. The predicted octanol–water partition coefficient (Wildman–Crippen LogP) is 1.71. The number of hydrogen-bond donors (Lipinski definition) is 3. The molecule has 0 radical (unpaired) electrons. The van der Waals surface area contributed by atoms with Crippen LogP contribution in [0.4, 0.5) is 0 Å². The maximum absolute atomic E-state index is 12.3. The van der Waals surface area contributed by atoms with Crippen molar-refractivity contribution in [2.45, 2.75) is 26.3 Å². The second-order valence-electron chi connectivity index (χ2n) is 5.17. The average Bonchev–Trinajstić information content (AvgIpc) is 2.52. The molecule has 0 aliphatic carbocycles. The standard InChI is InChI=1S/C17H20N2O3/c1-3-12-4-6-13(7-5-12)15(10-20)19-17(22)14-8-9-16(21)18-11(14)2/h4-9,15,20H,3,10H2,1-2H3,(H,18,21)(H,19,22). The van der Waals surface area contributed by atoms with Crippen molar-refractivity contribution in [1.29, 1.82) is 0 Å². The van der Waals surface area contributed by atoms with Crippen molar-refractivity contribution in [2.24, 2.45) is 0 Å². The molecule has 0 spiro atoms. The summed E-state index contributed by atoms with van der Waals surface area (Å²) in [5.74, 6) is -0.327. The molecule has 5 heteroatoms. The molecule has 2 rings (SSSR count). The number of amides is 1. The molecule has 22 heavy (non-hydrogen) atoms. The number of pyridine rings is 1. The van der Waals surface area contributed by atoms with Gasteiger partial charge >= 0.3 is 0 Å². The lowest BCUT2D eigenvalue weighted by Gasteiger charge is -2.17. The highest BCUT2D eigenvalue weighted by Gasteiger charge is 2.16. The van der Waals surface area contributed by atoms with Gasteiger partial charge in [-0.05, 0) is 30.5 Å². The molecule has 5 nitrogen and oxygen atoms in total. The highest BCUT2D eigenvalue weighted by molar-refractivity contribution is 5.95. The van der Waals surface area contributed by atoms with Gasteiger partial charge in [0.2, 0.25) is 5.56 Å². The Morgan fingerprint density at radius 1 is 1.23 bits per heavy atom. The summed E-state index contributed by atoms with van der Waals surface area (Å²) in [7, 11) is 0. The van der Waals surface area contributed by atoms with Gasteiger partial charge in [-0.25, -0.2) is 0 Å². The van der Waals surface area contributed by atoms with Crippen LogP contribution in [0.25, 0.3) is 0 Å². The van der Waals surface area contributed by atoms with Gasteiger partial charge in [0.15, 0.2) is 0 Å². The molecular formula is C17H20N2O3. The van der Waals surface area contributed by atoms with E-state index < -0.39 is 6.04 Å². The van der Waals surface area contributed by atoms with Gasteiger partial charge in [-0.2, -0.15) is 0 Å². The topological polar surface area (TPSA) is 82.2 Å². The van der Waals surface area contributed by atoms with E-state index in [2.05, 4.69) is 17.2 Å². The van der Waals surface area contributed by atoms with Crippen molar-refractivity contribution in [1.82, 2.24) is 10.3 Å². The zero-order valence-electron chi connectivity index (χ0n) is 12.7. The maximum Gasteiger partial charge on any atom is 0.253 e. The number of aromatic amines is 1. The number of H-pyrrole nitrogens is 1. The van der Waals surface area contributed by atoms with Crippen molar-refractivity contribution < 1.29 is 9.90 Å². The van der Waals surface area contributed by atoms with Gasteiger partial charge in [-0.3, -0.25) is 9.59 Å². The second-order valence-corrected chi connectivity index (χ2v) is 5.17.